The van der Waals surface area contributed by atoms with Crippen LogP contribution in [0.2, 0.25) is 0 Å². The minimum Gasteiger partial charge on any atom is -0.378 e. The van der Waals surface area contributed by atoms with Gasteiger partial charge in [0.2, 0.25) is 10.0 Å². The van der Waals surface area contributed by atoms with Crippen molar-refractivity contribution in [3.05, 3.63) is 74.6 Å². The first-order valence-electron chi connectivity index (χ1n) is 7.73. The minimum atomic E-state index is -3.83. The van der Waals surface area contributed by atoms with Crippen LogP contribution in [-0.4, -0.2) is 25.9 Å². The molecule has 136 valence electrons. The standard InChI is InChI=1S/C18H17NO4S3/c1-13(20)14-4-6-16(7-5-14)26(22,23)19-12-18(21,15-8-10-24-11-15)17-3-2-9-25-17/h2-11,19,21H,12H2,1H3. The van der Waals surface area contributed by atoms with Gasteiger partial charge < -0.3 is 5.11 Å². The fraction of sp³-hybridized carbons (Fsp3) is 0.167. The molecule has 0 bridgehead atoms. The third-order valence-electron chi connectivity index (χ3n) is 4.02. The van der Waals surface area contributed by atoms with Gasteiger partial charge in [0.25, 0.3) is 0 Å². The topological polar surface area (TPSA) is 83.5 Å². The Labute approximate surface area is 160 Å². The number of aliphatic hydroxyl groups is 1. The van der Waals surface area contributed by atoms with Crippen molar-refractivity contribution in [2.75, 3.05) is 6.54 Å². The average Bonchev–Trinajstić information content (AvgIpc) is 3.33. The lowest BCUT2D eigenvalue weighted by Gasteiger charge is -2.26. The monoisotopic (exact) mass is 407 g/mol. The zero-order chi connectivity index (χ0) is 18.8. The maximum absolute atomic E-state index is 12.6. The molecule has 3 rings (SSSR count). The van der Waals surface area contributed by atoms with Crippen molar-refractivity contribution in [2.45, 2.75) is 17.4 Å². The summed E-state index contributed by atoms with van der Waals surface area (Å²) >= 11 is 2.80. The molecule has 5 nitrogen and oxygen atoms in total. The van der Waals surface area contributed by atoms with E-state index in [0.717, 1.165) is 0 Å². The van der Waals surface area contributed by atoms with Crippen molar-refractivity contribution >= 4 is 38.5 Å². The molecule has 0 aliphatic carbocycles. The highest BCUT2D eigenvalue weighted by Crippen LogP contribution is 2.34. The highest BCUT2D eigenvalue weighted by molar-refractivity contribution is 7.89. The van der Waals surface area contributed by atoms with Crippen molar-refractivity contribution in [2.24, 2.45) is 0 Å². The Balaban J connectivity index is 1.86. The Morgan fingerprint density at radius 2 is 1.88 bits per heavy atom. The van der Waals surface area contributed by atoms with Gasteiger partial charge in [-0.25, -0.2) is 13.1 Å². The van der Waals surface area contributed by atoms with Gasteiger partial charge in [-0.05, 0) is 47.3 Å². The Morgan fingerprint density at radius 1 is 1.15 bits per heavy atom. The number of benzene rings is 1. The van der Waals surface area contributed by atoms with Gasteiger partial charge >= 0.3 is 0 Å². The van der Waals surface area contributed by atoms with Crippen LogP contribution in [0.5, 0.6) is 0 Å². The molecule has 8 heteroatoms. The Bertz CT molecular complexity index is 942. The molecule has 0 amide bonds. The number of rotatable bonds is 7. The lowest BCUT2D eigenvalue weighted by Crippen LogP contribution is -2.40. The third-order valence-corrected chi connectivity index (χ3v) is 7.14. The second-order valence-electron chi connectivity index (χ2n) is 5.75. The molecule has 1 unspecified atom stereocenters. The largest absolute Gasteiger partial charge is 0.378 e. The lowest BCUT2D eigenvalue weighted by atomic mass is 9.95. The molecule has 0 saturated carbocycles. The number of hydrogen-bond acceptors (Lipinski definition) is 6. The molecule has 3 aromatic rings. The van der Waals surface area contributed by atoms with E-state index in [-0.39, 0.29) is 17.2 Å². The van der Waals surface area contributed by atoms with Gasteiger partial charge in [0.1, 0.15) is 5.60 Å². The first kappa shape index (κ1) is 18.9. The van der Waals surface area contributed by atoms with Crippen LogP contribution in [0.15, 0.2) is 63.5 Å². The average molecular weight is 408 g/mol. The van der Waals surface area contributed by atoms with Crippen molar-refractivity contribution in [1.29, 1.82) is 0 Å². The van der Waals surface area contributed by atoms with Crippen molar-refractivity contribution in [1.82, 2.24) is 4.72 Å². The maximum Gasteiger partial charge on any atom is 0.240 e. The maximum atomic E-state index is 12.6. The summed E-state index contributed by atoms with van der Waals surface area (Å²) in [6, 6.07) is 11.1. The van der Waals surface area contributed by atoms with E-state index in [2.05, 4.69) is 4.72 Å². The minimum absolute atomic E-state index is 0.0429. The number of carbonyl (C=O) groups excluding carboxylic acids is 1. The van der Waals surface area contributed by atoms with E-state index in [1.165, 1.54) is 53.9 Å². The van der Waals surface area contributed by atoms with Crippen molar-refractivity contribution in [3.8, 4) is 0 Å². The fourth-order valence-corrected chi connectivity index (χ4v) is 5.13. The molecule has 1 aromatic carbocycles. The second-order valence-corrected chi connectivity index (χ2v) is 9.25. The SMILES string of the molecule is CC(=O)c1ccc(S(=O)(=O)NCC(O)(c2ccsc2)c2cccs2)cc1. The first-order chi connectivity index (χ1) is 12.3. The van der Waals surface area contributed by atoms with E-state index < -0.39 is 15.6 Å². The molecule has 2 N–H and O–H groups in total. The van der Waals surface area contributed by atoms with Crippen LogP contribution in [0.25, 0.3) is 0 Å². The summed E-state index contributed by atoms with van der Waals surface area (Å²) in [5.41, 5.74) is -0.363. The van der Waals surface area contributed by atoms with Gasteiger partial charge in [-0.3, -0.25) is 4.79 Å². The predicted molar refractivity (Wildman–Crippen MR) is 103 cm³/mol. The first-order valence-corrected chi connectivity index (χ1v) is 11.0. The van der Waals surface area contributed by atoms with Crippen LogP contribution in [0.3, 0.4) is 0 Å². The number of Topliss-reactive ketones (excluding diaryl/α,β-unsaturated/α-hetero) is 1. The molecule has 0 fully saturated rings. The Hall–Kier alpha value is -1.84. The van der Waals surface area contributed by atoms with Crippen LogP contribution in [0.4, 0.5) is 0 Å². The summed E-state index contributed by atoms with van der Waals surface area (Å²) in [6.45, 7) is 1.23. The Morgan fingerprint density at radius 3 is 2.42 bits per heavy atom. The summed E-state index contributed by atoms with van der Waals surface area (Å²) in [6.07, 6.45) is 0. The molecule has 1 atom stereocenters. The molecular formula is C18H17NO4S3. The van der Waals surface area contributed by atoms with E-state index in [1.807, 2.05) is 16.8 Å². The Kier molecular flexibility index (Phi) is 5.40. The van der Waals surface area contributed by atoms with Crippen LogP contribution in [0.1, 0.15) is 27.7 Å². The van der Waals surface area contributed by atoms with E-state index >= 15 is 0 Å². The summed E-state index contributed by atoms with van der Waals surface area (Å²) < 4.78 is 27.7. The smallest absolute Gasteiger partial charge is 0.240 e. The van der Waals surface area contributed by atoms with E-state index in [1.54, 1.807) is 17.5 Å². The van der Waals surface area contributed by atoms with Crippen LogP contribution < -0.4 is 4.72 Å². The molecule has 0 spiro atoms. The van der Waals surface area contributed by atoms with E-state index in [4.69, 9.17) is 0 Å². The summed E-state index contributed by atoms with van der Waals surface area (Å²) in [4.78, 5) is 12.0. The van der Waals surface area contributed by atoms with Gasteiger partial charge in [0.15, 0.2) is 5.78 Å². The number of hydrogen-bond donors (Lipinski definition) is 2. The molecule has 0 saturated heterocycles. The fourth-order valence-electron chi connectivity index (χ4n) is 2.50. The summed E-state index contributed by atoms with van der Waals surface area (Å²) in [7, 11) is -3.83. The van der Waals surface area contributed by atoms with Crippen LogP contribution >= 0.6 is 22.7 Å². The molecule has 2 heterocycles. The normalized spacial score (nSPS) is 14.1. The molecule has 0 radical (unpaired) electrons. The number of sulfonamides is 1. The van der Waals surface area contributed by atoms with Crippen molar-refractivity contribution < 1.29 is 18.3 Å². The van der Waals surface area contributed by atoms with E-state index in [0.29, 0.717) is 16.0 Å². The zero-order valence-electron chi connectivity index (χ0n) is 13.9. The molecule has 2 aromatic heterocycles. The highest BCUT2D eigenvalue weighted by Gasteiger charge is 2.34. The number of nitrogens with one attached hydrogen (secondary N) is 1. The van der Waals surface area contributed by atoms with Crippen LogP contribution in [-0.2, 0) is 15.6 Å². The van der Waals surface area contributed by atoms with Gasteiger partial charge in [-0.15, -0.1) is 11.3 Å². The number of thiophene rings is 2. The molecular weight excluding hydrogens is 390 g/mol. The number of carbonyl (C=O) groups is 1. The van der Waals surface area contributed by atoms with Gasteiger partial charge in [-0.1, -0.05) is 18.2 Å². The predicted octanol–water partition coefficient (Wildman–Crippen LogP) is 3.23. The third kappa shape index (κ3) is 3.79. The van der Waals surface area contributed by atoms with E-state index in [9.17, 15) is 18.3 Å². The molecule has 26 heavy (non-hydrogen) atoms. The molecule has 0 aliphatic heterocycles. The zero-order valence-corrected chi connectivity index (χ0v) is 16.3. The summed E-state index contributed by atoms with van der Waals surface area (Å²) in [5.74, 6) is -0.133. The van der Waals surface area contributed by atoms with Crippen LogP contribution in [0, 0.1) is 0 Å². The summed E-state index contributed by atoms with van der Waals surface area (Å²) in [5, 5.41) is 16.7. The second kappa shape index (κ2) is 7.42. The van der Waals surface area contributed by atoms with Gasteiger partial charge in [0.05, 0.1) is 4.90 Å². The number of ketones is 1. The molecule has 0 aliphatic rings. The van der Waals surface area contributed by atoms with Gasteiger partial charge in [0, 0.05) is 22.5 Å². The lowest BCUT2D eigenvalue weighted by molar-refractivity contribution is 0.0903. The van der Waals surface area contributed by atoms with Gasteiger partial charge in [-0.2, -0.15) is 11.3 Å². The highest BCUT2D eigenvalue weighted by atomic mass is 32.2. The van der Waals surface area contributed by atoms with Crippen molar-refractivity contribution in [3.63, 3.8) is 0 Å². The quantitative estimate of drug-likeness (QED) is 0.589.